The van der Waals surface area contributed by atoms with Gasteiger partial charge in [0.15, 0.2) is 0 Å². The molecular formula is C118H149F4N7O7S. The first kappa shape index (κ1) is 109. The van der Waals surface area contributed by atoms with E-state index >= 15 is 0 Å². The lowest BCUT2D eigenvalue weighted by Crippen LogP contribution is -2.43. The number of benzene rings is 7. The molecule has 4 heterocycles. The molecule has 0 fully saturated rings. The first-order valence-corrected chi connectivity index (χ1v) is 50.9. The topological polar surface area (TPSA) is 171 Å². The minimum absolute atomic E-state index is 0.0470. The number of para-hydroxylation sites is 2. The van der Waals surface area contributed by atoms with Crippen LogP contribution in [0.15, 0.2) is 224 Å². The second-order valence-corrected chi connectivity index (χ2v) is 41.8. The average Bonchev–Trinajstić information content (AvgIpc) is 1.56. The van der Waals surface area contributed by atoms with Gasteiger partial charge in [-0.3, -0.25) is 14.6 Å². The van der Waals surface area contributed by atoms with Crippen LogP contribution in [-0.2, 0) is 37.4 Å². The summed E-state index contributed by atoms with van der Waals surface area (Å²) >= 11 is 0. The van der Waals surface area contributed by atoms with E-state index < -0.39 is 16.1 Å². The Labute approximate surface area is 815 Å². The van der Waals surface area contributed by atoms with Crippen molar-refractivity contribution in [2.45, 2.75) is 246 Å². The van der Waals surface area contributed by atoms with Crippen molar-refractivity contribution in [2.24, 2.45) is 53.3 Å². The fraction of sp³-hybridized carbons (Fsp3) is 0.415. The number of esters is 1. The normalized spacial score (nSPS) is 15.7. The summed E-state index contributed by atoms with van der Waals surface area (Å²) in [7, 11) is -0.382. The van der Waals surface area contributed by atoms with Crippen LogP contribution in [0.1, 0.15) is 277 Å². The highest BCUT2D eigenvalue weighted by molar-refractivity contribution is 7.92. The molecule has 7 aromatic carbocycles. The van der Waals surface area contributed by atoms with Crippen molar-refractivity contribution in [3.05, 3.63) is 298 Å². The summed E-state index contributed by atoms with van der Waals surface area (Å²) in [5.41, 5.74) is 21.2. The Bertz CT molecular complexity index is 6050. The van der Waals surface area contributed by atoms with E-state index in [1.54, 1.807) is 19.2 Å². The summed E-state index contributed by atoms with van der Waals surface area (Å²) in [6.07, 6.45) is 24.1. The molecule has 6 atom stereocenters. The van der Waals surface area contributed by atoms with Gasteiger partial charge in [-0.05, 0) is 229 Å². The summed E-state index contributed by atoms with van der Waals surface area (Å²) in [6, 6.07) is 54.5. The average molecular weight is 1890 g/mol. The number of carbonyl (C=O) groups is 2. The van der Waals surface area contributed by atoms with E-state index in [4.69, 9.17) is 14.5 Å². The Balaban J connectivity index is 0.000000193. The molecule has 0 spiro atoms. The first-order chi connectivity index (χ1) is 64.9. The van der Waals surface area contributed by atoms with Gasteiger partial charge in [0.25, 0.3) is 5.91 Å². The number of aliphatic hydroxyl groups is 1. The Morgan fingerprint density at radius 1 is 0.562 bits per heavy atom. The van der Waals surface area contributed by atoms with Crippen LogP contribution in [0.3, 0.4) is 0 Å². The van der Waals surface area contributed by atoms with E-state index in [0.29, 0.717) is 77.3 Å². The fourth-order valence-electron chi connectivity index (χ4n) is 17.5. The number of methoxy groups -OCH3 is 1. The van der Waals surface area contributed by atoms with E-state index in [0.717, 1.165) is 126 Å². The van der Waals surface area contributed by atoms with Gasteiger partial charge in [0.2, 0.25) is 16.0 Å². The molecule has 0 unspecified atom stereocenters. The number of fused-ring (bicyclic) bond motifs is 2. The van der Waals surface area contributed by atoms with Crippen molar-refractivity contribution < 1.29 is 50.1 Å². The van der Waals surface area contributed by atoms with Crippen LogP contribution in [0.4, 0.5) is 29.2 Å². The molecule has 2 N–H and O–H groups in total. The van der Waals surface area contributed by atoms with Gasteiger partial charge in [0.05, 0.1) is 53.2 Å². The number of amides is 1. The zero-order valence-corrected chi connectivity index (χ0v) is 86.5. The maximum Gasteiger partial charge on any atom is 0.308 e. The van der Waals surface area contributed by atoms with Crippen molar-refractivity contribution in [3.8, 4) is 55.9 Å². The number of allylic oxidation sites excluding steroid dienone is 5. The van der Waals surface area contributed by atoms with Crippen LogP contribution in [0.25, 0.3) is 85.0 Å². The number of aromatic nitrogens is 5. The summed E-state index contributed by atoms with van der Waals surface area (Å²) in [5, 5.41) is 14.5. The van der Waals surface area contributed by atoms with Crippen LogP contribution in [0, 0.1) is 76.5 Å². The predicted molar refractivity (Wildman–Crippen MR) is 563 cm³/mol. The van der Waals surface area contributed by atoms with E-state index in [1.807, 2.05) is 143 Å². The molecule has 0 aliphatic heterocycles. The standard InChI is InChI=1S/C31H33FN2O.C24H32FNO.C22H24FN.C21H34O3.C20H26FN3O2S/c1-21(2)19-20-34-29(22(3)4)28(31(35)33-26-13-9-6-10-14-26)27(23-11-7-5-8-12-23)30(34)24-15-17-25(32)18-16-24;1-15(2)8-13-20-22(18-9-11-19(25)12-10-18)21(14-27-7)24(17(5)6)26-23(20)16(3)4;1-15(2)9-14-21-22(17-10-12-18(23)13-11-17)19-7-5-6-8-20(19)24(21)16(3)4;1-6-14(4)21(23)24-19-12-17(22)11-16-9-8-15(5)18(20(16)19)10-7-13(2)3;1-13(2)7-12-17-18(14(3)4)22-20(24(5)27(6,25)26)23-19(17)15-8-10-16(21)11-9-15/h5-18,21-22H,19-20H2,1-4H3,(H,33,35);8-13,15-17H,14H2,1-7H3;5-16H,1-4H3;8-9,11,13-15,17-20,22H,6-7,10,12H2,1-5H3;7-14H,1-6H3/b;13-8+;14-9+;;12-7+/t;;;14-,15-,17+,18-,19-,20-;/m...0./s1. The van der Waals surface area contributed by atoms with Gasteiger partial charge >= 0.3 is 5.97 Å². The van der Waals surface area contributed by atoms with Gasteiger partial charge in [0, 0.05) is 106 Å². The highest BCUT2D eigenvalue weighted by atomic mass is 32.2. The van der Waals surface area contributed by atoms with Crippen LogP contribution in [-0.4, -0.2) is 82.1 Å². The zero-order valence-electron chi connectivity index (χ0n) is 85.7. The number of hydrogen-bond acceptors (Lipinski definition) is 10. The molecule has 732 valence electrons. The lowest BCUT2D eigenvalue weighted by Gasteiger charge is -2.43. The number of aliphatic hydroxyl groups excluding tert-OH is 1. The van der Waals surface area contributed by atoms with Gasteiger partial charge < -0.3 is 29.0 Å². The third-order valence-electron chi connectivity index (χ3n) is 24.8. The molecule has 137 heavy (non-hydrogen) atoms. The third kappa shape index (κ3) is 29.4. The molecule has 2 aliphatic carbocycles. The number of anilines is 2. The van der Waals surface area contributed by atoms with Crippen molar-refractivity contribution in [2.75, 3.05) is 30.0 Å². The molecule has 0 saturated carbocycles. The van der Waals surface area contributed by atoms with Crippen LogP contribution < -0.4 is 9.62 Å². The predicted octanol–water partition coefficient (Wildman–Crippen LogP) is 31.0. The summed E-state index contributed by atoms with van der Waals surface area (Å²) in [5.74, 6) is 3.00. The number of ether oxygens (including phenoxy) is 2. The zero-order chi connectivity index (χ0) is 101. The number of hydrogen-bond donors (Lipinski definition) is 2. The molecule has 1 amide bonds. The second-order valence-electron chi connectivity index (χ2n) is 39.8. The lowest BCUT2D eigenvalue weighted by atomic mass is 9.66. The van der Waals surface area contributed by atoms with E-state index in [-0.39, 0.29) is 82.7 Å². The minimum Gasteiger partial charge on any atom is -0.461 e. The summed E-state index contributed by atoms with van der Waals surface area (Å²) < 4.78 is 95.4. The van der Waals surface area contributed by atoms with Crippen molar-refractivity contribution in [1.29, 1.82) is 0 Å². The fourth-order valence-corrected chi connectivity index (χ4v) is 17.9. The number of carbonyl (C=O) groups excluding carboxylic acids is 2. The SMILES string of the molecule is CC(C)/C=C/c1c(-c2ccc(F)cc2)c2ccccc2n1C(C)C.CC(C)/C=C/c1c(-c2ccc(F)cc2)nc(N(C)S(C)(=O)=O)nc1C(C)C.CC(C)CCn1c(-c2ccc(F)cc2)c(-c2ccccc2)c(C(=O)Nc2ccccc2)c1C(C)C.CC[C@H](C)C(=O)O[C@H]1C[C@H](O)C=C2C=C[C@H](C)[C@H](CCC(C)C)[C@H]21.COCc1c(C(C)C)nc(C(C)C)c(/C=C/C(C)C)c1-c1ccc(F)cc1. The lowest BCUT2D eigenvalue weighted by molar-refractivity contribution is -0.159. The van der Waals surface area contributed by atoms with E-state index in [1.165, 1.54) is 84.2 Å². The molecule has 0 saturated heterocycles. The van der Waals surface area contributed by atoms with Crippen LogP contribution in [0.2, 0.25) is 0 Å². The van der Waals surface area contributed by atoms with Crippen molar-refractivity contribution in [3.63, 3.8) is 0 Å². The Kier molecular flexibility index (Phi) is 40.5. The van der Waals surface area contributed by atoms with Gasteiger partial charge in [-0.2, -0.15) is 0 Å². The van der Waals surface area contributed by atoms with Crippen molar-refractivity contribution >= 4 is 62.7 Å². The molecule has 19 heteroatoms. The molecule has 0 bridgehead atoms. The molecule has 14 nitrogen and oxygen atoms in total. The first-order valence-electron chi connectivity index (χ1n) is 49.0. The third-order valence-corrected chi connectivity index (χ3v) is 26.0. The minimum atomic E-state index is -3.51. The highest BCUT2D eigenvalue weighted by Crippen LogP contribution is 2.48. The van der Waals surface area contributed by atoms with E-state index in [2.05, 4.69) is 217 Å². The number of pyridine rings is 1. The van der Waals surface area contributed by atoms with E-state index in [9.17, 15) is 40.7 Å². The molecule has 0 radical (unpaired) electrons. The second kappa shape index (κ2) is 50.8. The summed E-state index contributed by atoms with van der Waals surface area (Å²) in [4.78, 5) is 40.4. The number of nitrogens with zero attached hydrogens (tertiary/aromatic N) is 6. The molecule has 2 aliphatic rings. The molecule has 13 rings (SSSR count). The highest BCUT2D eigenvalue weighted by Gasteiger charge is 2.43. The maximum atomic E-state index is 13.9. The quantitative estimate of drug-likeness (QED) is 0.0315. The molecule has 4 aromatic heterocycles. The Morgan fingerprint density at radius 2 is 1.04 bits per heavy atom. The smallest absolute Gasteiger partial charge is 0.308 e. The van der Waals surface area contributed by atoms with Gasteiger partial charge in [-0.15, -0.1) is 0 Å². The monoisotopic (exact) mass is 1880 g/mol. The molecular weight excluding hydrogens is 1740 g/mol. The maximum absolute atomic E-state index is 13.9. The largest absolute Gasteiger partial charge is 0.461 e. The number of rotatable bonds is 31. The number of sulfonamides is 1. The van der Waals surface area contributed by atoms with Crippen molar-refractivity contribution in [1.82, 2.24) is 24.1 Å². The van der Waals surface area contributed by atoms with Crippen LogP contribution >= 0.6 is 0 Å². The Hall–Kier alpha value is -11.4. The number of nitrogens with one attached hydrogen (secondary N) is 1. The molecule has 11 aromatic rings. The van der Waals surface area contributed by atoms with Gasteiger partial charge in [0.1, 0.15) is 29.4 Å². The number of halogens is 4. The summed E-state index contributed by atoms with van der Waals surface area (Å²) in [6.45, 7) is 50.5. The van der Waals surface area contributed by atoms with Gasteiger partial charge in [-0.1, -0.05) is 291 Å². The van der Waals surface area contributed by atoms with Gasteiger partial charge in [-0.25, -0.2) is 40.3 Å². The Morgan fingerprint density at radius 3 is 1.54 bits per heavy atom. The van der Waals surface area contributed by atoms with Crippen LogP contribution in [0.5, 0.6) is 0 Å².